The van der Waals surface area contributed by atoms with Gasteiger partial charge in [-0.15, -0.1) is 0 Å². The molecule has 3 aromatic rings. The van der Waals surface area contributed by atoms with Crippen molar-refractivity contribution in [1.29, 1.82) is 0 Å². The summed E-state index contributed by atoms with van der Waals surface area (Å²) in [5.74, 6) is 0.959. The van der Waals surface area contributed by atoms with Crippen LogP contribution in [0.15, 0.2) is 79.9 Å². The molecule has 7 nitrogen and oxygen atoms in total. The molecule has 0 aliphatic carbocycles. The third-order valence-electron chi connectivity index (χ3n) is 4.09. The minimum atomic E-state index is -3.77. The lowest BCUT2D eigenvalue weighted by Crippen LogP contribution is -2.18. The highest BCUT2D eigenvalue weighted by molar-refractivity contribution is 8.18. The van der Waals surface area contributed by atoms with Gasteiger partial charge in [0, 0.05) is 5.56 Å². The normalized spacial score (nSPS) is 16.9. The molecule has 1 amide bonds. The second-order valence-corrected chi connectivity index (χ2v) is 8.81. The van der Waals surface area contributed by atoms with E-state index in [9.17, 15) is 17.6 Å². The molecule has 1 aromatic heterocycles. The number of amidine groups is 1. The Bertz CT molecular complexity index is 1280. The number of thioether (sulfide) groups is 1. The highest BCUT2D eigenvalue weighted by Gasteiger charge is 2.24. The minimum absolute atomic E-state index is 0.00809. The third kappa shape index (κ3) is 4.51. The topological polar surface area (TPSA) is 115 Å². The fourth-order valence-corrected chi connectivity index (χ4v) is 3.91. The lowest BCUT2D eigenvalue weighted by molar-refractivity contribution is 0.265. The molecule has 1 saturated heterocycles. The van der Waals surface area contributed by atoms with Crippen LogP contribution in [-0.2, 0) is 10.0 Å². The van der Waals surface area contributed by atoms with Crippen molar-refractivity contribution in [3.63, 3.8) is 0 Å². The number of aliphatic imine (C=N–C) groups is 1. The smallest absolute Gasteiger partial charge is 0.289 e. The number of nitrogens with two attached hydrogens (primary N) is 1. The summed E-state index contributed by atoms with van der Waals surface area (Å²) >= 11 is 0.966. The number of sulfonamides is 1. The van der Waals surface area contributed by atoms with E-state index in [1.165, 1.54) is 36.4 Å². The first-order valence-electron chi connectivity index (χ1n) is 8.56. The van der Waals surface area contributed by atoms with Gasteiger partial charge < -0.3 is 9.73 Å². The van der Waals surface area contributed by atoms with Crippen LogP contribution in [0.4, 0.5) is 14.9 Å². The summed E-state index contributed by atoms with van der Waals surface area (Å²) in [4.78, 5) is 16.7. The van der Waals surface area contributed by atoms with Crippen molar-refractivity contribution in [3.05, 3.63) is 77.1 Å². The molecule has 30 heavy (non-hydrogen) atoms. The molecular formula is C20H14FN3O4S2. The van der Waals surface area contributed by atoms with Crippen LogP contribution in [0.5, 0.6) is 0 Å². The summed E-state index contributed by atoms with van der Waals surface area (Å²) in [6.07, 6.45) is 1.66. The van der Waals surface area contributed by atoms with Crippen LogP contribution < -0.4 is 10.5 Å². The third-order valence-corrected chi connectivity index (χ3v) is 5.84. The zero-order valence-electron chi connectivity index (χ0n) is 15.2. The maximum Gasteiger partial charge on any atom is 0.289 e. The molecule has 0 radical (unpaired) electrons. The fourth-order valence-electron chi connectivity index (χ4n) is 2.68. The van der Waals surface area contributed by atoms with Crippen LogP contribution in [0.25, 0.3) is 17.4 Å². The van der Waals surface area contributed by atoms with E-state index in [1.807, 2.05) is 0 Å². The van der Waals surface area contributed by atoms with Crippen LogP contribution in [0, 0.1) is 5.82 Å². The first-order valence-corrected chi connectivity index (χ1v) is 10.9. The number of halogens is 1. The van der Waals surface area contributed by atoms with E-state index < -0.39 is 10.0 Å². The number of furan rings is 1. The summed E-state index contributed by atoms with van der Waals surface area (Å²) < 4.78 is 41.6. The quantitative estimate of drug-likeness (QED) is 0.625. The molecular weight excluding hydrogens is 429 g/mol. The number of primary sulfonamides is 1. The van der Waals surface area contributed by atoms with Crippen LogP contribution in [0.2, 0.25) is 0 Å². The van der Waals surface area contributed by atoms with Gasteiger partial charge in [-0.25, -0.2) is 22.9 Å². The van der Waals surface area contributed by atoms with Gasteiger partial charge in [0.25, 0.3) is 5.24 Å². The van der Waals surface area contributed by atoms with Crippen molar-refractivity contribution in [3.8, 4) is 11.3 Å². The predicted molar refractivity (Wildman–Crippen MR) is 113 cm³/mol. The summed E-state index contributed by atoms with van der Waals surface area (Å²) in [6.45, 7) is 0. The maximum absolute atomic E-state index is 13.1. The Morgan fingerprint density at radius 1 is 1.03 bits per heavy atom. The van der Waals surface area contributed by atoms with Crippen molar-refractivity contribution in [2.24, 2.45) is 10.1 Å². The zero-order valence-corrected chi connectivity index (χ0v) is 16.8. The molecule has 1 fully saturated rings. The molecule has 1 aliphatic heterocycles. The van der Waals surface area contributed by atoms with Gasteiger partial charge >= 0.3 is 0 Å². The van der Waals surface area contributed by atoms with Gasteiger partial charge in [0.1, 0.15) is 23.2 Å². The van der Waals surface area contributed by atoms with Crippen LogP contribution in [-0.4, -0.2) is 19.5 Å². The minimum Gasteiger partial charge on any atom is -0.457 e. The Kier molecular flexibility index (Phi) is 5.29. The van der Waals surface area contributed by atoms with Crippen LogP contribution in [0.3, 0.4) is 0 Å². The van der Waals surface area contributed by atoms with Crippen molar-refractivity contribution >= 4 is 44.6 Å². The van der Waals surface area contributed by atoms with E-state index in [2.05, 4.69) is 10.3 Å². The number of nitrogens with one attached hydrogen (secondary N) is 1. The molecule has 0 unspecified atom stereocenters. The Balaban J connectivity index is 1.60. The summed E-state index contributed by atoms with van der Waals surface area (Å²) in [5, 5.41) is 7.47. The zero-order chi connectivity index (χ0) is 21.3. The average Bonchev–Trinajstić information content (AvgIpc) is 3.30. The monoisotopic (exact) mass is 443 g/mol. The standard InChI is InChI=1S/C20H14FN3O4S2/c21-13-3-5-14(6-4-13)23-19-18(29-20(25)24-19)11-15-7-10-17(28-15)12-1-8-16(9-2-12)30(22,26)27/h1-11H,(H2,22,26,27)(H,23,24,25). The lowest BCUT2D eigenvalue weighted by Gasteiger charge is -2.00. The van der Waals surface area contributed by atoms with Gasteiger partial charge in [0.05, 0.1) is 15.5 Å². The van der Waals surface area contributed by atoms with E-state index >= 15 is 0 Å². The number of hydrogen-bond acceptors (Lipinski definition) is 6. The Hall–Kier alpha value is -3.21. The molecule has 2 aromatic carbocycles. The van der Waals surface area contributed by atoms with Gasteiger partial charge in [-0.1, -0.05) is 0 Å². The number of benzene rings is 2. The van der Waals surface area contributed by atoms with E-state index in [0.717, 1.165) is 11.8 Å². The Labute approximate surface area is 175 Å². The summed E-state index contributed by atoms with van der Waals surface area (Å²) in [6, 6.07) is 15.0. The van der Waals surface area contributed by atoms with Gasteiger partial charge in [-0.2, -0.15) is 0 Å². The van der Waals surface area contributed by atoms with E-state index in [1.54, 1.807) is 30.3 Å². The molecule has 1 aliphatic rings. The van der Waals surface area contributed by atoms with Gasteiger partial charge in [0.15, 0.2) is 0 Å². The van der Waals surface area contributed by atoms with Gasteiger partial charge in [0.2, 0.25) is 10.0 Å². The van der Waals surface area contributed by atoms with Crippen LogP contribution >= 0.6 is 11.8 Å². The lowest BCUT2D eigenvalue weighted by atomic mass is 10.2. The van der Waals surface area contributed by atoms with Gasteiger partial charge in [-0.05, 0) is 78.5 Å². The number of nitrogens with zero attached hydrogens (tertiary/aromatic N) is 1. The summed E-state index contributed by atoms with van der Waals surface area (Å²) in [5.41, 5.74) is 1.16. The fraction of sp³-hybridized carbons (Fsp3) is 0. The van der Waals surface area contributed by atoms with Crippen molar-refractivity contribution in [1.82, 2.24) is 5.32 Å². The largest absolute Gasteiger partial charge is 0.457 e. The van der Waals surface area contributed by atoms with Crippen molar-refractivity contribution in [2.45, 2.75) is 4.90 Å². The summed E-state index contributed by atoms with van der Waals surface area (Å²) in [7, 11) is -3.77. The Morgan fingerprint density at radius 3 is 2.40 bits per heavy atom. The molecule has 0 saturated carbocycles. The molecule has 10 heteroatoms. The second-order valence-electron chi connectivity index (χ2n) is 6.23. The number of rotatable bonds is 4. The molecule has 2 heterocycles. The Morgan fingerprint density at radius 2 is 1.73 bits per heavy atom. The van der Waals surface area contributed by atoms with Crippen LogP contribution in [0.1, 0.15) is 5.76 Å². The van der Waals surface area contributed by atoms with Gasteiger partial charge in [-0.3, -0.25) is 4.79 Å². The predicted octanol–water partition coefficient (Wildman–Crippen LogP) is 4.26. The molecule has 0 atom stereocenters. The second kappa shape index (κ2) is 7.90. The molecule has 4 rings (SSSR count). The molecule has 0 bridgehead atoms. The SMILES string of the molecule is NS(=O)(=O)c1ccc(-c2ccc(C=C3SC(=O)NC3=Nc3ccc(F)cc3)o2)cc1. The molecule has 3 N–H and O–H groups in total. The van der Waals surface area contributed by atoms with Crippen molar-refractivity contribution in [2.75, 3.05) is 0 Å². The molecule has 0 spiro atoms. The maximum atomic E-state index is 13.1. The van der Waals surface area contributed by atoms with E-state index in [4.69, 9.17) is 9.56 Å². The number of amides is 1. The first kappa shape index (κ1) is 20.1. The first-order chi connectivity index (χ1) is 14.3. The highest BCUT2D eigenvalue weighted by atomic mass is 32.2. The van der Waals surface area contributed by atoms with E-state index in [-0.39, 0.29) is 16.0 Å². The van der Waals surface area contributed by atoms with Crippen molar-refractivity contribution < 1.29 is 22.0 Å². The highest BCUT2D eigenvalue weighted by Crippen LogP contribution is 2.30. The molecule has 152 valence electrons. The number of carbonyl (C=O) groups is 1. The number of carbonyl (C=O) groups excluding carboxylic acids is 1. The van der Waals surface area contributed by atoms with E-state index in [0.29, 0.717) is 33.5 Å². The number of hydrogen-bond donors (Lipinski definition) is 2. The average molecular weight is 443 g/mol.